The quantitative estimate of drug-likeness (QED) is 0.630. The van der Waals surface area contributed by atoms with Crippen LogP contribution in [0.1, 0.15) is 52.4 Å². The second kappa shape index (κ2) is 8.72. The molecule has 0 saturated carbocycles. The minimum absolute atomic E-state index is 0.0398. The first-order valence-electron chi connectivity index (χ1n) is 6.00. The third-order valence-corrected chi connectivity index (χ3v) is 2.81. The number of aliphatic hydroxyl groups excluding tert-OH is 1. The van der Waals surface area contributed by atoms with E-state index in [1.807, 2.05) is 6.92 Å². The van der Waals surface area contributed by atoms with Gasteiger partial charge in [-0.3, -0.25) is 4.79 Å². The van der Waals surface area contributed by atoms with Crippen molar-refractivity contribution >= 4 is 5.91 Å². The van der Waals surface area contributed by atoms with E-state index < -0.39 is 0 Å². The van der Waals surface area contributed by atoms with Crippen LogP contribution >= 0.6 is 0 Å². The fourth-order valence-electron chi connectivity index (χ4n) is 1.42. The van der Waals surface area contributed by atoms with E-state index in [0.717, 1.165) is 12.8 Å². The molecule has 15 heavy (non-hydrogen) atoms. The van der Waals surface area contributed by atoms with Gasteiger partial charge in [-0.05, 0) is 13.3 Å². The van der Waals surface area contributed by atoms with Crippen LogP contribution in [0.3, 0.4) is 0 Å². The van der Waals surface area contributed by atoms with Crippen molar-refractivity contribution in [1.82, 2.24) is 4.90 Å². The zero-order valence-corrected chi connectivity index (χ0v) is 10.3. The molecule has 0 rings (SSSR count). The highest BCUT2D eigenvalue weighted by atomic mass is 16.3. The molecule has 0 aromatic carbocycles. The minimum Gasteiger partial charge on any atom is -0.394 e. The lowest BCUT2D eigenvalue weighted by molar-refractivity contribution is -0.132. The molecule has 0 aliphatic rings. The van der Waals surface area contributed by atoms with Crippen molar-refractivity contribution in [3.8, 4) is 0 Å². The van der Waals surface area contributed by atoms with Gasteiger partial charge in [0, 0.05) is 13.5 Å². The maximum absolute atomic E-state index is 11.6. The summed E-state index contributed by atoms with van der Waals surface area (Å²) in [7, 11) is 1.76. The van der Waals surface area contributed by atoms with Gasteiger partial charge in [0.15, 0.2) is 0 Å². The van der Waals surface area contributed by atoms with E-state index in [-0.39, 0.29) is 18.6 Å². The van der Waals surface area contributed by atoms with Crippen LogP contribution in [-0.2, 0) is 4.79 Å². The Morgan fingerprint density at radius 3 is 2.40 bits per heavy atom. The van der Waals surface area contributed by atoms with Gasteiger partial charge in [0.1, 0.15) is 0 Å². The lowest BCUT2D eigenvalue weighted by Crippen LogP contribution is -2.37. The molecule has 0 bridgehead atoms. The third kappa shape index (κ3) is 6.50. The Kier molecular flexibility index (Phi) is 8.38. The summed E-state index contributed by atoms with van der Waals surface area (Å²) in [6, 6.07) is -0.0619. The second-order valence-corrected chi connectivity index (χ2v) is 4.20. The first kappa shape index (κ1) is 14.4. The molecule has 1 unspecified atom stereocenters. The van der Waals surface area contributed by atoms with Gasteiger partial charge in [0.25, 0.3) is 0 Å². The lowest BCUT2D eigenvalue weighted by atomic mass is 10.1. The number of hydrogen-bond donors (Lipinski definition) is 1. The van der Waals surface area contributed by atoms with Crippen molar-refractivity contribution < 1.29 is 9.90 Å². The van der Waals surface area contributed by atoms with Crippen molar-refractivity contribution in [2.75, 3.05) is 13.7 Å². The average molecular weight is 215 g/mol. The van der Waals surface area contributed by atoms with Crippen molar-refractivity contribution in [2.24, 2.45) is 0 Å². The summed E-state index contributed by atoms with van der Waals surface area (Å²) < 4.78 is 0. The maximum atomic E-state index is 11.6. The van der Waals surface area contributed by atoms with Crippen LogP contribution in [0.15, 0.2) is 0 Å². The molecule has 0 aromatic rings. The van der Waals surface area contributed by atoms with Gasteiger partial charge >= 0.3 is 0 Å². The van der Waals surface area contributed by atoms with Crippen LogP contribution in [-0.4, -0.2) is 35.6 Å². The molecule has 3 nitrogen and oxygen atoms in total. The van der Waals surface area contributed by atoms with E-state index in [1.54, 1.807) is 11.9 Å². The summed E-state index contributed by atoms with van der Waals surface area (Å²) in [5.41, 5.74) is 0. The van der Waals surface area contributed by atoms with Gasteiger partial charge in [-0.1, -0.05) is 32.6 Å². The molecule has 0 heterocycles. The highest BCUT2D eigenvalue weighted by Gasteiger charge is 2.13. The zero-order chi connectivity index (χ0) is 11.7. The van der Waals surface area contributed by atoms with Gasteiger partial charge < -0.3 is 10.0 Å². The molecule has 0 radical (unpaired) electrons. The summed E-state index contributed by atoms with van der Waals surface area (Å²) in [5, 5.41) is 8.90. The van der Waals surface area contributed by atoms with Crippen molar-refractivity contribution in [3.05, 3.63) is 0 Å². The van der Waals surface area contributed by atoms with Crippen LogP contribution < -0.4 is 0 Å². The van der Waals surface area contributed by atoms with E-state index in [4.69, 9.17) is 5.11 Å². The van der Waals surface area contributed by atoms with Gasteiger partial charge in [0.05, 0.1) is 12.6 Å². The number of likely N-dealkylation sites (N-methyl/N-ethyl adjacent to an activating group) is 1. The molecule has 0 aromatic heterocycles. The summed E-state index contributed by atoms with van der Waals surface area (Å²) in [6.45, 7) is 4.08. The monoisotopic (exact) mass is 215 g/mol. The number of nitrogens with zero attached hydrogens (tertiary/aromatic N) is 1. The molecule has 90 valence electrons. The average Bonchev–Trinajstić information content (AvgIpc) is 2.26. The maximum Gasteiger partial charge on any atom is 0.222 e. The molecular weight excluding hydrogens is 190 g/mol. The number of rotatable bonds is 8. The Labute approximate surface area is 93.5 Å². The Morgan fingerprint density at radius 1 is 1.27 bits per heavy atom. The summed E-state index contributed by atoms with van der Waals surface area (Å²) >= 11 is 0. The van der Waals surface area contributed by atoms with Crippen molar-refractivity contribution in [1.29, 1.82) is 0 Å². The zero-order valence-electron chi connectivity index (χ0n) is 10.3. The third-order valence-electron chi connectivity index (χ3n) is 2.81. The molecular formula is C12H25NO2. The van der Waals surface area contributed by atoms with Gasteiger partial charge in [0.2, 0.25) is 5.91 Å². The predicted molar refractivity (Wildman–Crippen MR) is 62.7 cm³/mol. The Balaban J connectivity index is 3.56. The standard InChI is InChI=1S/C12H25NO2/c1-4-5-6-7-8-9-12(15)13(3)11(2)10-14/h11,14H,4-10H2,1-3H3. The predicted octanol–water partition coefficient (Wildman–Crippen LogP) is 2.19. The van der Waals surface area contributed by atoms with E-state index in [0.29, 0.717) is 6.42 Å². The lowest BCUT2D eigenvalue weighted by Gasteiger charge is -2.23. The fraction of sp³-hybridized carbons (Fsp3) is 0.917. The van der Waals surface area contributed by atoms with E-state index in [1.165, 1.54) is 19.3 Å². The van der Waals surface area contributed by atoms with Crippen molar-refractivity contribution in [2.45, 2.75) is 58.4 Å². The number of hydrogen-bond acceptors (Lipinski definition) is 2. The Bertz CT molecular complexity index is 171. The molecule has 1 N–H and O–H groups in total. The summed E-state index contributed by atoms with van der Waals surface area (Å²) in [4.78, 5) is 13.2. The van der Waals surface area contributed by atoms with Gasteiger partial charge in [-0.15, -0.1) is 0 Å². The number of amides is 1. The normalized spacial score (nSPS) is 12.5. The highest BCUT2D eigenvalue weighted by Crippen LogP contribution is 2.07. The van der Waals surface area contributed by atoms with Gasteiger partial charge in [-0.25, -0.2) is 0 Å². The number of unbranched alkanes of at least 4 members (excludes halogenated alkanes) is 4. The largest absolute Gasteiger partial charge is 0.394 e. The number of carbonyl (C=O) groups is 1. The first-order valence-corrected chi connectivity index (χ1v) is 6.00. The van der Waals surface area contributed by atoms with Crippen LogP contribution in [0, 0.1) is 0 Å². The van der Waals surface area contributed by atoms with E-state index >= 15 is 0 Å². The topological polar surface area (TPSA) is 40.5 Å². The highest BCUT2D eigenvalue weighted by molar-refractivity contribution is 5.76. The van der Waals surface area contributed by atoms with Crippen LogP contribution in [0.5, 0.6) is 0 Å². The molecule has 0 aliphatic carbocycles. The molecule has 3 heteroatoms. The molecule has 1 amide bonds. The van der Waals surface area contributed by atoms with Crippen LogP contribution in [0.4, 0.5) is 0 Å². The SMILES string of the molecule is CCCCCCCC(=O)N(C)C(C)CO. The van der Waals surface area contributed by atoms with Crippen LogP contribution in [0.2, 0.25) is 0 Å². The fourth-order valence-corrected chi connectivity index (χ4v) is 1.42. The number of carbonyl (C=O) groups excluding carboxylic acids is 1. The summed E-state index contributed by atoms with van der Waals surface area (Å²) in [6.07, 6.45) is 6.45. The minimum atomic E-state index is -0.0619. The summed E-state index contributed by atoms with van der Waals surface area (Å²) in [5.74, 6) is 0.146. The Morgan fingerprint density at radius 2 is 1.87 bits per heavy atom. The molecule has 0 saturated heterocycles. The van der Waals surface area contributed by atoms with E-state index in [2.05, 4.69) is 6.92 Å². The molecule has 0 aliphatic heterocycles. The molecule has 0 fully saturated rings. The van der Waals surface area contributed by atoms with Gasteiger partial charge in [-0.2, -0.15) is 0 Å². The van der Waals surface area contributed by atoms with Crippen molar-refractivity contribution in [3.63, 3.8) is 0 Å². The number of aliphatic hydroxyl groups is 1. The molecule has 0 spiro atoms. The second-order valence-electron chi connectivity index (χ2n) is 4.20. The molecule has 1 atom stereocenters. The first-order chi connectivity index (χ1) is 7.13. The van der Waals surface area contributed by atoms with E-state index in [9.17, 15) is 4.79 Å². The van der Waals surface area contributed by atoms with Crippen LogP contribution in [0.25, 0.3) is 0 Å². The Hall–Kier alpha value is -0.570. The smallest absolute Gasteiger partial charge is 0.222 e.